The second-order valence-corrected chi connectivity index (χ2v) is 5.74. The molecule has 0 fully saturated rings. The quantitative estimate of drug-likeness (QED) is 0.722. The summed E-state index contributed by atoms with van der Waals surface area (Å²) >= 11 is 0. The van der Waals surface area contributed by atoms with Crippen molar-refractivity contribution in [2.24, 2.45) is 0 Å². The Balaban J connectivity index is 2.17. The van der Waals surface area contributed by atoms with Gasteiger partial charge in [0.1, 0.15) is 23.1 Å². The number of nitrogens with zero attached hydrogens (tertiary/aromatic N) is 2. The number of carbonyl (C=O) groups is 1. The summed E-state index contributed by atoms with van der Waals surface area (Å²) in [5.41, 5.74) is 0.262. The van der Waals surface area contributed by atoms with Crippen molar-refractivity contribution in [2.75, 3.05) is 6.54 Å². The van der Waals surface area contributed by atoms with Crippen LogP contribution in [-0.4, -0.2) is 34.2 Å². The Morgan fingerprint density at radius 2 is 2.26 bits per heavy atom. The van der Waals surface area contributed by atoms with Gasteiger partial charge >= 0.3 is 6.09 Å². The Morgan fingerprint density at radius 3 is 2.95 bits per heavy atom. The summed E-state index contributed by atoms with van der Waals surface area (Å²) in [6, 6.07) is 3.70. The number of amides is 1. The zero-order chi connectivity index (χ0) is 14.0. The van der Waals surface area contributed by atoms with E-state index in [-0.39, 0.29) is 12.2 Å². The third-order valence-corrected chi connectivity index (χ3v) is 2.65. The SMILES string of the molecule is C[C@@H]1CN(C(=O)OC(C)(C)C)Cc2ncccc2O1. The van der Waals surface area contributed by atoms with Crippen LogP contribution in [0.4, 0.5) is 4.79 Å². The number of fused-ring (bicyclic) bond motifs is 1. The van der Waals surface area contributed by atoms with Crippen molar-refractivity contribution in [1.29, 1.82) is 0 Å². The van der Waals surface area contributed by atoms with Crippen LogP contribution in [-0.2, 0) is 11.3 Å². The molecular weight excluding hydrogens is 244 g/mol. The van der Waals surface area contributed by atoms with E-state index in [1.54, 1.807) is 11.1 Å². The topological polar surface area (TPSA) is 51.7 Å². The molecular formula is C14H20N2O3. The lowest BCUT2D eigenvalue weighted by Gasteiger charge is -2.26. The average molecular weight is 264 g/mol. The van der Waals surface area contributed by atoms with Crippen molar-refractivity contribution in [2.45, 2.75) is 45.9 Å². The second-order valence-electron chi connectivity index (χ2n) is 5.74. The maximum atomic E-state index is 12.1. The molecule has 0 radical (unpaired) electrons. The Bertz CT molecular complexity index is 468. The lowest BCUT2D eigenvalue weighted by Crippen LogP contribution is -2.39. The highest BCUT2D eigenvalue weighted by Crippen LogP contribution is 2.23. The molecule has 1 aliphatic heterocycles. The fourth-order valence-electron chi connectivity index (χ4n) is 1.92. The molecule has 0 saturated heterocycles. The van der Waals surface area contributed by atoms with Crippen LogP contribution < -0.4 is 4.74 Å². The molecule has 1 amide bonds. The Hall–Kier alpha value is -1.78. The first-order chi connectivity index (χ1) is 8.85. The van der Waals surface area contributed by atoms with Gasteiger partial charge in [0.2, 0.25) is 0 Å². The van der Waals surface area contributed by atoms with Crippen LogP contribution in [0.2, 0.25) is 0 Å². The van der Waals surface area contributed by atoms with E-state index in [9.17, 15) is 4.79 Å². The molecule has 5 heteroatoms. The first kappa shape index (κ1) is 13.6. The van der Waals surface area contributed by atoms with Crippen LogP contribution in [0.25, 0.3) is 0 Å². The molecule has 0 N–H and O–H groups in total. The molecule has 5 nitrogen and oxygen atoms in total. The Labute approximate surface area is 113 Å². The van der Waals surface area contributed by atoms with Crippen molar-refractivity contribution in [3.63, 3.8) is 0 Å². The maximum absolute atomic E-state index is 12.1. The van der Waals surface area contributed by atoms with Gasteiger partial charge in [0.05, 0.1) is 13.1 Å². The predicted octanol–water partition coefficient (Wildman–Crippen LogP) is 2.60. The highest BCUT2D eigenvalue weighted by atomic mass is 16.6. The summed E-state index contributed by atoms with van der Waals surface area (Å²) in [6.45, 7) is 8.40. The summed E-state index contributed by atoms with van der Waals surface area (Å²) < 4.78 is 11.2. The largest absolute Gasteiger partial charge is 0.487 e. The molecule has 0 unspecified atom stereocenters. The van der Waals surface area contributed by atoms with E-state index < -0.39 is 5.60 Å². The summed E-state index contributed by atoms with van der Waals surface area (Å²) in [7, 11) is 0. The van der Waals surface area contributed by atoms with Gasteiger partial charge in [-0.25, -0.2) is 4.79 Å². The van der Waals surface area contributed by atoms with Crippen LogP contribution in [0.5, 0.6) is 5.75 Å². The summed E-state index contributed by atoms with van der Waals surface area (Å²) in [6.07, 6.45) is 1.28. The molecule has 0 aromatic carbocycles. The van der Waals surface area contributed by atoms with E-state index >= 15 is 0 Å². The van der Waals surface area contributed by atoms with Crippen LogP contribution >= 0.6 is 0 Å². The smallest absolute Gasteiger partial charge is 0.410 e. The fourth-order valence-corrected chi connectivity index (χ4v) is 1.92. The van der Waals surface area contributed by atoms with Crippen LogP contribution in [0.3, 0.4) is 0 Å². The summed E-state index contributed by atoms with van der Waals surface area (Å²) in [4.78, 5) is 18.0. The highest BCUT2D eigenvalue weighted by molar-refractivity contribution is 5.68. The zero-order valence-electron chi connectivity index (χ0n) is 11.8. The van der Waals surface area contributed by atoms with Gasteiger partial charge in [-0.2, -0.15) is 0 Å². The van der Waals surface area contributed by atoms with Gasteiger partial charge in [0.15, 0.2) is 0 Å². The van der Waals surface area contributed by atoms with Crippen molar-refractivity contribution in [3.05, 3.63) is 24.0 Å². The summed E-state index contributed by atoms with van der Waals surface area (Å²) in [5.74, 6) is 0.737. The standard InChI is InChI=1S/C14H20N2O3/c1-10-8-16(13(17)19-14(2,3)4)9-11-12(18-10)6-5-7-15-11/h5-7,10H,8-9H2,1-4H3/t10-/m1/s1. The van der Waals surface area contributed by atoms with Crippen molar-refractivity contribution < 1.29 is 14.3 Å². The maximum Gasteiger partial charge on any atom is 0.410 e. The monoisotopic (exact) mass is 264 g/mol. The number of pyridine rings is 1. The van der Waals surface area contributed by atoms with E-state index in [4.69, 9.17) is 9.47 Å². The minimum Gasteiger partial charge on any atom is -0.487 e. The van der Waals surface area contributed by atoms with E-state index in [0.29, 0.717) is 13.1 Å². The second kappa shape index (κ2) is 5.07. The molecule has 0 spiro atoms. The van der Waals surface area contributed by atoms with Gasteiger partial charge in [-0.05, 0) is 39.8 Å². The third kappa shape index (κ3) is 3.59. The number of hydrogen-bond acceptors (Lipinski definition) is 4. The van der Waals surface area contributed by atoms with Gasteiger partial charge in [0, 0.05) is 6.20 Å². The van der Waals surface area contributed by atoms with Crippen LogP contribution in [0, 0.1) is 0 Å². The molecule has 1 aromatic heterocycles. The van der Waals surface area contributed by atoms with Crippen LogP contribution in [0.15, 0.2) is 18.3 Å². The minimum absolute atomic E-state index is 0.0852. The molecule has 19 heavy (non-hydrogen) atoms. The molecule has 1 aromatic rings. The normalized spacial score (nSPS) is 19.2. The van der Waals surface area contributed by atoms with Crippen molar-refractivity contribution in [3.8, 4) is 5.75 Å². The Morgan fingerprint density at radius 1 is 1.53 bits per heavy atom. The molecule has 1 aliphatic rings. The number of carbonyl (C=O) groups excluding carboxylic acids is 1. The van der Waals surface area contributed by atoms with Crippen molar-refractivity contribution >= 4 is 6.09 Å². The van der Waals surface area contributed by atoms with Gasteiger partial charge in [-0.3, -0.25) is 9.88 Å². The molecule has 2 rings (SSSR count). The minimum atomic E-state index is -0.500. The average Bonchev–Trinajstić information content (AvgIpc) is 2.44. The molecule has 1 atom stereocenters. The lowest BCUT2D eigenvalue weighted by atomic mass is 10.2. The number of hydrogen-bond donors (Lipinski definition) is 0. The third-order valence-electron chi connectivity index (χ3n) is 2.65. The van der Waals surface area contributed by atoms with Gasteiger partial charge in [0.25, 0.3) is 0 Å². The van der Waals surface area contributed by atoms with E-state index in [0.717, 1.165) is 11.4 Å². The first-order valence-electron chi connectivity index (χ1n) is 6.43. The predicted molar refractivity (Wildman–Crippen MR) is 71.0 cm³/mol. The van der Waals surface area contributed by atoms with Gasteiger partial charge < -0.3 is 9.47 Å². The zero-order valence-corrected chi connectivity index (χ0v) is 11.8. The van der Waals surface area contributed by atoms with E-state index in [2.05, 4.69) is 4.98 Å². The first-order valence-corrected chi connectivity index (χ1v) is 6.43. The number of aromatic nitrogens is 1. The highest BCUT2D eigenvalue weighted by Gasteiger charge is 2.28. The molecule has 104 valence electrons. The molecule has 0 saturated carbocycles. The summed E-state index contributed by atoms with van der Waals surface area (Å²) in [5, 5.41) is 0. The van der Waals surface area contributed by atoms with Crippen LogP contribution in [0.1, 0.15) is 33.4 Å². The molecule has 0 aliphatic carbocycles. The van der Waals surface area contributed by atoms with E-state index in [1.807, 2.05) is 39.8 Å². The Kier molecular flexibility index (Phi) is 3.64. The number of rotatable bonds is 0. The van der Waals surface area contributed by atoms with Crippen molar-refractivity contribution in [1.82, 2.24) is 9.88 Å². The fraction of sp³-hybridized carbons (Fsp3) is 0.571. The van der Waals surface area contributed by atoms with E-state index in [1.165, 1.54) is 0 Å². The lowest BCUT2D eigenvalue weighted by molar-refractivity contribution is 0.0187. The van der Waals surface area contributed by atoms with Gasteiger partial charge in [-0.1, -0.05) is 0 Å². The molecule has 2 heterocycles. The molecule has 0 bridgehead atoms. The number of ether oxygens (including phenoxy) is 2. The van der Waals surface area contributed by atoms with Gasteiger partial charge in [-0.15, -0.1) is 0 Å².